The lowest BCUT2D eigenvalue weighted by Crippen LogP contribution is -2.30. The summed E-state index contributed by atoms with van der Waals surface area (Å²) in [6, 6.07) is 0. The van der Waals surface area contributed by atoms with Crippen LogP contribution in [0.3, 0.4) is 0 Å². The lowest BCUT2D eigenvalue weighted by molar-refractivity contribution is 0.0893. The summed E-state index contributed by atoms with van der Waals surface area (Å²) >= 11 is 0. The molecule has 0 N–H and O–H groups in total. The Morgan fingerprint density at radius 3 is 2.65 bits per heavy atom. The van der Waals surface area contributed by atoms with Gasteiger partial charge in [0.1, 0.15) is 0 Å². The molecule has 0 amide bonds. The smallest absolute Gasteiger partial charge is 0.264 e. The van der Waals surface area contributed by atoms with Gasteiger partial charge in [0, 0.05) is 0 Å². The maximum atomic E-state index is 11.3. The second kappa shape index (κ2) is 6.44. The van der Waals surface area contributed by atoms with Crippen LogP contribution in [0, 0.1) is 5.41 Å². The lowest BCUT2D eigenvalue weighted by atomic mass is 9.70. The van der Waals surface area contributed by atoms with Gasteiger partial charge in [-0.15, -0.1) is 0 Å². The molecule has 0 saturated heterocycles. The van der Waals surface area contributed by atoms with Crippen molar-refractivity contribution >= 4 is 10.1 Å². The summed E-state index contributed by atoms with van der Waals surface area (Å²) in [5, 5.41) is 0. The molecule has 23 heavy (non-hydrogen) atoms. The fourth-order valence-electron chi connectivity index (χ4n) is 4.20. The van der Waals surface area contributed by atoms with E-state index in [0.717, 1.165) is 51.2 Å². The molecule has 0 aromatic carbocycles. The quantitative estimate of drug-likeness (QED) is 0.577. The molecule has 3 rings (SSSR count). The fourth-order valence-corrected chi connectivity index (χ4v) is 4.88. The summed E-state index contributed by atoms with van der Waals surface area (Å²) in [6.07, 6.45) is 14.4. The number of rotatable bonds is 4. The molecule has 128 valence electrons. The van der Waals surface area contributed by atoms with Crippen LogP contribution in [0.25, 0.3) is 0 Å². The van der Waals surface area contributed by atoms with Gasteiger partial charge < -0.3 is 4.74 Å². The minimum atomic E-state index is -3.34. The van der Waals surface area contributed by atoms with Crippen LogP contribution < -0.4 is 0 Å². The van der Waals surface area contributed by atoms with E-state index in [9.17, 15) is 8.42 Å². The van der Waals surface area contributed by atoms with Crippen molar-refractivity contribution in [2.75, 3.05) is 12.9 Å². The maximum Gasteiger partial charge on any atom is 0.264 e. The van der Waals surface area contributed by atoms with Gasteiger partial charge in [0.05, 0.1) is 25.2 Å². The summed E-state index contributed by atoms with van der Waals surface area (Å²) in [5.41, 5.74) is 4.60. The summed E-state index contributed by atoms with van der Waals surface area (Å²) in [4.78, 5) is 0. The number of allylic oxidation sites excluding steroid dienone is 5. The first-order chi connectivity index (χ1) is 10.9. The van der Waals surface area contributed by atoms with E-state index < -0.39 is 10.1 Å². The lowest BCUT2D eigenvalue weighted by Gasteiger charge is -2.37. The third-order valence-electron chi connectivity index (χ3n) is 5.23. The minimum absolute atomic E-state index is 0.128. The molecule has 0 aromatic heterocycles. The third-order valence-corrected chi connectivity index (χ3v) is 5.85. The Hall–Kier alpha value is -1.07. The minimum Gasteiger partial charge on any atom is -0.501 e. The highest BCUT2D eigenvalue weighted by Crippen LogP contribution is 2.54. The SMILES string of the molecule is CCOC=C1C=CC2=C(C1)CC1(CCC(OS(C)(=O)=O)CC1)C2. The van der Waals surface area contributed by atoms with Gasteiger partial charge in [-0.05, 0) is 68.4 Å². The van der Waals surface area contributed by atoms with E-state index in [1.165, 1.54) is 11.1 Å². The molecule has 0 unspecified atom stereocenters. The molecule has 1 saturated carbocycles. The highest BCUT2D eigenvalue weighted by atomic mass is 32.2. The Balaban J connectivity index is 1.59. The average Bonchev–Trinajstić information content (AvgIpc) is 2.83. The molecule has 0 radical (unpaired) electrons. The fraction of sp³-hybridized carbons (Fsp3) is 0.667. The molecule has 3 aliphatic carbocycles. The van der Waals surface area contributed by atoms with Gasteiger partial charge in [0.25, 0.3) is 10.1 Å². The van der Waals surface area contributed by atoms with E-state index in [4.69, 9.17) is 8.92 Å². The molecule has 1 spiro atoms. The van der Waals surface area contributed by atoms with Crippen LogP contribution in [0.1, 0.15) is 51.9 Å². The van der Waals surface area contributed by atoms with Gasteiger partial charge in [-0.3, -0.25) is 4.18 Å². The topological polar surface area (TPSA) is 52.6 Å². The van der Waals surface area contributed by atoms with Crippen LogP contribution in [-0.4, -0.2) is 27.4 Å². The van der Waals surface area contributed by atoms with Gasteiger partial charge in [-0.2, -0.15) is 8.42 Å². The third kappa shape index (κ3) is 4.07. The predicted octanol–water partition coefficient (Wildman–Crippen LogP) is 3.86. The molecule has 0 aromatic rings. The van der Waals surface area contributed by atoms with Crippen molar-refractivity contribution < 1.29 is 17.3 Å². The van der Waals surface area contributed by atoms with Gasteiger partial charge in [0.2, 0.25) is 0 Å². The first-order valence-electron chi connectivity index (χ1n) is 8.47. The molecule has 0 atom stereocenters. The highest BCUT2D eigenvalue weighted by Gasteiger charge is 2.42. The van der Waals surface area contributed by atoms with Crippen LogP contribution in [-0.2, 0) is 19.0 Å². The van der Waals surface area contributed by atoms with Gasteiger partial charge in [-0.1, -0.05) is 17.7 Å². The molecule has 1 fully saturated rings. The van der Waals surface area contributed by atoms with E-state index in [-0.39, 0.29) is 6.10 Å². The maximum absolute atomic E-state index is 11.3. The Kier molecular flexibility index (Phi) is 4.70. The zero-order valence-electron chi connectivity index (χ0n) is 14.0. The Bertz CT molecular complexity index is 647. The zero-order chi connectivity index (χ0) is 16.5. The molecule has 0 aliphatic heterocycles. The van der Waals surface area contributed by atoms with Crippen LogP contribution in [0.4, 0.5) is 0 Å². The van der Waals surface area contributed by atoms with Gasteiger partial charge in [-0.25, -0.2) is 0 Å². The zero-order valence-corrected chi connectivity index (χ0v) is 14.8. The van der Waals surface area contributed by atoms with Crippen LogP contribution in [0.2, 0.25) is 0 Å². The Labute approximate surface area is 139 Å². The van der Waals surface area contributed by atoms with E-state index in [1.807, 2.05) is 13.2 Å². The van der Waals surface area contributed by atoms with Crippen molar-refractivity contribution in [2.45, 2.75) is 58.0 Å². The molecule has 0 heterocycles. The second-order valence-corrected chi connectivity index (χ2v) is 8.74. The van der Waals surface area contributed by atoms with Crippen molar-refractivity contribution in [2.24, 2.45) is 5.41 Å². The van der Waals surface area contributed by atoms with Crippen molar-refractivity contribution in [3.05, 3.63) is 35.1 Å². The number of ether oxygens (including phenoxy) is 1. The van der Waals surface area contributed by atoms with Crippen LogP contribution in [0.15, 0.2) is 35.1 Å². The Morgan fingerprint density at radius 1 is 1.26 bits per heavy atom. The van der Waals surface area contributed by atoms with Crippen LogP contribution >= 0.6 is 0 Å². The highest BCUT2D eigenvalue weighted by molar-refractivity contribution is 7.86. The van der Waals surface area contributed by atoms with E-state index in [2.05, 4.69) is 12.2 Å². The normalized spacial score (nSPS) is 32.6. The van der Waals surface area contributed by atoms with Crippen molar-refractivity contribution in [1.82, 2.24) is 0 Å². The molecular weight excluding hydrogens is 312 g/mol. The molecular formula is C18H26O4S. The van der Waals surface area contributed by atoms with E-state index in [1.54, 1.807) is 5.57 Å². The van der Waals surface area contributed by atoms with Crippen LogP contribution in [0.5, 0.6) is 0 Å². The first-order valence-corrected chi connectivity index (χ1v) is 10.3. The summed E-state index contributed by atoms with van der Waals surface area (Å²) < 4.78 is 33.2. The molecule has 3 aliphatic rings. The van der Waals surface area contributed by atoms with Crippen molar-refractivity contribution in [3.63, 3.8) is 0 Å². The van der Waals surface area contributed by atoms with E-state index >= 15 is 0 Å². The summed E-state index contributed by atoms with van der Waals surface area (Å²) in [5.74, 6) is 0. The number of hydrogen-bond acceptors (Lipinski definition) is 4. The summed E-state index contributed by atoms with van der Waals surface area (Å²) in [7, 11) is -3.34. The van der Waals surface area contributed by atoms with Crippen molar-refractivity contribution in [3.8, 4) is 0 Å². The molecule has 5 heteroatoms. The van der Waals surface area contributed by atoms with Gasteiger partial charge >= 0.3 is 0 Å². The predicted molar refractivity (Wildman–Crippen MR) is 90.3 cm³/mol. The molecule has 0 bridgehead atoms. The Morgan fingerprint density at radius 2 is 2.00 bits per heavy atom. The molecule has 4 nitrogen and oxygen atoms in total. The number of hydrogen-bond donors (Lipinski definition) is 0. The average molecular weight is 338 g/mol. The van der Waals surface area contributed by atoms with Gasteiger partial charge in [0.15, 0.2) is 0 Å². The standard InChI is InChI=1S/C18H26O4S/c1-3-21-13-14-4-5-15-11-18(12-16(15)10-14)8-6-17(7-9-18)22-23(2,19)20/h4-5,13,17H,3,6-12H2,1-2H3. The first kappa shape index (κ1) is 16.8. The monoisotopic (exact) mass is 338 g/mol. The van der Waals surface area contributed by atoms with E-state index in [0.29, 0.717) is 12.0 Å². The largest absolute Gasteiger partial charge is 0.501 e. The summed E-state index contributed by atoms with van der Waals surface area (Å²) in [6.45, 7) is 2.70. The van der Waals surface area contributed by atoms with Crippen molar-refractivity contribution in [1.29, 1.82) is 0 Å². The second-order valence-electron chi connectivity index (χ2n) is 7.14.